The van der Waals surface area contributed by atoms with Crippen molar-refractivity contribution in [3.63, 3.8) is 0 Å². The van der Waals surface area contributed by atoms with Crippen LogP contribution in [0.1, 0.15) is 86.6 Å². The van der Waals surface area contributed by atoms with Gasteiger partial charge in [0.15, 0.2) is 16.6 Å². The second-order valence-electron chi connectivity index (χ2n) is 12.8. The van der Waals surface area contributed by atoms with Gasteiger partial charge in [-0.05, 0) is 60.6 Å². The Morgan fingerprint density at radius 1 is 0.921 bits per heavy atom. The number of carbonyl (C=O) groups excluding carboxylic acids is 1. The van der Waals surface area contributed by atoms with E-state index in [-0.39, 0.29) is 35.4 Å². The van der Waals surface area contributed by atoms with Crippen LogP contribution in [0.25, 0.3) is 0 Å². The minimum atomic E-state index is -2.12. The highest BCUT2D eigenvalue weighted by Gasteiger charge is 2.41. The summed E-state index contributed by atoms with van der Waals surface area (Å²) in [7, 11) is -3.99. The second kappa shape index (κ2) is 16.4. The summed E-state index contributed by atoms with van der Waals surface area (Å²) in [6.45, 7) is 23.0. The Balaban J connectivity index is 3.10. The molecule has 0 spiro atoms. The van der Waals surface area contributed by atoms with E-state index in [1.54, 1.807) is 0 Å². The van der Waals surface area contributed by atoms with E-state index in [1.165, 1.54) is 0 Å². The van der Waals surface area contributed by atoms with Gasteiger partial charge in [0, 0.05) is 25.6 Å². The first kappa shape index (κ1) is 35.2. The van der Waals surface area contributed by atoms with Gasteiger partial charge < -0.3 is 18.7 Å². The SMILES string of the molecule is CC[Si](CC)(CC)O[C@@H](CCOCc1ccccc1)C[C@@H](CC(=O)C[C@@H](O)C(C)C)O[Si](C)(C)C(C)(C)C. The molecular formula is C31H58O5Si2. The molecule has 38 heavy (non-hydrogen) atoms. The van der Waals surface area contributed by atoms with Crippen LogP contribution in [-0.2, 0) is 25.0 Å². The third-order valence-corrected chi connectivity index (χ3v) is 17.7. The lowest BCUT2D eigenvalue weighted by Gasteiger charge is -2.41. The van der Waals surface area contributed by atoms with Crippen LogP contribution in [0.5, 0.6) is 0 Å². The van der Waals surface area contributed by atoms with Crippen LogP contribution >= 0.6 is 0 Å². The Morgan fingerprint density at radius 3 is 2.00 bits per heavy atom. The van der Waals surface area contributed by atoms with Gasteiger partial charge in [0.25, 0.3) is 0 Å². The number of carbonyl (C=O) groups is 1. The number of hydrogen-bond donors (Lipinski definition) is 1. The first-order valence-electron chi connectivity index (χ1n) is 14.9. The standard InChI is InChI=1S/C31H58O5Si2/c1-11-38(12-2,13-3)36-28(19-20-34-24-26-17-15-14-16-18-26)23-29(35-37(9,10)31(6,7)8)21-27(32)22-30(33)25(4)5/h14-18,25,28-30,33H,11-13,19-24H2,1-10H3/t28-,29+,30+/m0/s1. The monoisotopic (exact) mass is 566 g/mol. The average molecular weight is 567 g/mol. The summed E-state index contributed by atoms with van der Waals surface area (Å²) in [5, 5.41) is 10.4. The quantitative estimate of drug-likeness (QED) is 0.135. The van der Waals surface area contributed by atoms with E-state index < -0.39 is 22.7 Å². The van der Waals surface area contributed by atoms with Gasteiger partial charge in [-0.15, -0.1) is 0 Å². The Labute approximate surface area is 236 Å². The van der Waals surface area contributed by atoms with E-state index in [0.717, 1.165) is 30.1 Å². The molecule has 0 radical (unpaired) electrons. The van der Waals surface area contributed by atoms with Crippen molar-refractivity contribution in [3.8, 4) is 0 Å². The van der Waals surface area contributed by atoms with E-state index in [2.05, 4.69) is 66.8 Å². The number of benzene rings is 1. The van der Waals surface area contributed by atoms with E-state index in [1.807, 2.05) is 32.0 Å². The van der Waals surface area contributed by atoms with E-state index in [0.29, 0.717) is 26.1 Å². The summed E-state index contributed by atoms with van der Waals surface area (Å²) < 4.78 is 19.9. The van der Waals surface area contributed by atoms with Crippen molar-refractivity contribution in [1.29, 1.82) is 0 Å². The molecule has 0 aliphatic heterocycles. The Bertz CT molecular complexity index is 779. The molecular weight excluding hydrogens is 509 g/mol. The van der Waals surface area contributed by atoms with Crippen LogP contribution in [0.15, 0.2) is 30.3 Å². The largest absolute Gasteiger partial charge is 0.414 e. The van der Waals surface area contributed by atoms with Crippen molar-refractivity contribution >= 4 is 22.4 Å². The van der Waals surface area contributed by atoms with Crippen LogP contribution in [-0.4, -0.2) is 52.4 Å². The van der Waals surface area contributed by atoms with Gasteiger partial charge >= 0.3 is 0 Å². The van der Waals surface area contributed by atoms with Crippen molar-refractivity contribution in [2.75, 3.05) is 6.61 Å². The fourth-order valence-electron chi connectivity index (χ4n) is 4.42. The van der Waals surface area contributed by atoms with Gasteiger partial charge in [-0.3, -0.25) is 4.79 Å². The number of aliphatic hydroxyl groups excluding tert-OH is 1. The summed E-state index contributed by atoms with van der Waals surface area (Å²) in [6.07, 6.45) is 1.10. The smallest absolute Gasteiger partial charge is 0.192 e. The van der Waals surface area contributed by atoms with Crippen LogP contribution in [0.2, 0.25) is 36.3 Å². The van der Waals surface area contributed by atoms with Crippen LogP contribution in [0, 0.1) is 5.92 Å². The molecule has 5 nitrogen and oxygen atoms in total. The first-order valence-corrected chi connectivity index (χ1v) is 20.3. The molecule has 0 fully saturated rings. The van der Waals surface area contributed by atoms with Gasteiger partial charge in [0.05, 0.1) is 18.8 Å². The number of Topliss-reactive ketones (excluding diaryl/α,β-unsaturated/α-hetero) is 1. The van der Waals surface area contributed by atoms with Crippen LogP contribution < -0.4 is 0 Å². The maximum Gasteiger partial charge on any atom is 0.192 e. The highest BCUT2D eigenvalue weighted by atomic mass is 28.4. The molecule has 1 aromatic carbocycles. The first-order chi connectivity index (χ1) is 17.7. The Morgan fingerprint density at radius 2 is 1.50 bits per heavy atom. The molecule has 0 heterocycles. The zero-order valence-corrected chi connectivity index (χ0v) is 28.1. The van der Waals surface area contributed by atoms with Crippen molar-refractivity contribution in [1.82, 2.24) is 0 Å². The van der Waals surface area contributed by atoms with Gasteiger partial charge in [0.1, 0.15) is 5.78 Å². The summed E-state index contributed by atoms with van der Waals surface area (Å²) in [5.74, 6) is 0.126. The predicted octanol–water partition coefficient (Wildman–Crippen LogP) is 8.13. The molecule has 0 saturated heterocycles. The number of rotatable bonds is 19. The molecule has 0 amide bonds. The summed E-state index contributed by atoms with van der Waals surface area (Å²) in [4.78, 5) is 13.1. The molecule has 7 heteroatoms. The minimum Gasteiger partial charge on any atom is -0.414 e. The number of ketones is 1. The van der Waals surface area contributed by atoms with Crippen molar-refractivity contribution in [3.05, 3.63) is 35.9 Å². The van der Waals surface area contributed by atoms with Crippen molar-refractivity contribution in [2.45, 2.75) is 142 Å². The Kier molecular flexibility index (Phi) is 15.2. The molecule has 1 N–H and O–H groups in total. The molecule has 0 aromatic heterocycles. The van der Waals surface area contributed by atoms with Gasteiger partial charge in [-0.1, -0.05) is 85.7 Å². The number of ether oxygens (including phenoxy) is 1. The van der Waals surface area contributed by atoms with Gasteiger partial charge in [-0.2, -0.15) is 0 Å². The molecule has 220 valence electrons. The molecule has 0 unspecified atom stereocenters. The van der Waals surface area contributed by atoms with Gasteiger partial charge in [0.2, 0.25) is 0 Å². The lowest BCUT2D eigenvalue weighted by Crippen LogP contribution is -2.47. The van der Waals surface area contributed by atoms with E-state index >= 15 is 0 Å². The zero-order valence-electron chi connectivity index (χ0n) is 26.1. The molecule has 0 aliphatic rings. The lowest BCUT2D eigenvalue weighted by molar-refractivity contribution is -0.123. The molecule has 1 rings (SSSR count). The summed E-state index contributed by atoms with van der Waals surface area (Å²) in [6, 6.07) is 13.5. The van der Waals surface area contributed by atoms with E-state index in [9.17, 15) is 9.90 Å². The van der Waals surface area contributed by atoms with Gasteiger partial charge in [-0.25, -0.2) is 0 Å². The molecule has 0 saturated carbocycles. The molecule has 3 atom stereocenters. The number of hydrogen-bond acceptors (Lipinski definition) is 5. The second-order valence-corrected chi connectivity index (χ2v) is 22.3. The third-order valence-electron chi connectivity index (χ3n) is 8.50. The Hall–Kier alpha value is -0.836. The molecule has 0 aliphatic carbocycles. The predicted molar refractivity (Wildman–Crippen MR) is 165 cm³/mol. The minimum absolute atomic E-state index is 0.0186. The molecule has 1 aromatic rings. The topological polar surface area (TPSA) is 65.0 Å². The fourth-order valence-corrected chi connectivity index (χ4v) is 8.71. The normalized spacial score (nSPS) is 15.5. The van der Waals surface area contributed by atoms with Crippen LogP contribution in [0.3, 0.4) is 0 Å². The summed E-state index contributed by atoms with van der Waals surface area (Å²) >= 11 is 0. The maximum absolute atomic E-state index is 13.1. The highest BCUT2D eigenvalue weighted by Crippen LogP contribution is 2.39. The molecule has 0 bridgehead atoms. The number of aliphatic hydroxyl groups is 1. The fraction of sp³-hybridized carbons (Fsp3) is 0.774. The van der Waals surface area contributed by atoms with Crippen molar-refractivity contribution < 1.29 is 23.5 Å². The third kappa shape index (κ3) is 12.1. The van der Waals surface area contributed by atoms with E-state index in [4.69, 9.17) is 13.6 Å². The lowest BCUT2D eigenvalue weighted by atomic mass is 9.97. The zero-order chi connectivity index (χ0) is 29.0. The maximum atomic E-state index is 13.1. The average Bonchev–Trinajstić information content (AvgIpc) is 2.84. The summed E-state index contributed by atoms with van der Waals surface area (Å²) in [5.41, 5.74) is 1.16. The highest BCUT2D eigenvalue weighted by molar-refractivity contribution is 6.74. The van der Waals surface area contributed by atoms with Crippen molar-refractivity contribution in [2.24, 2.45) is 5.92 Å². The van der Waals surface area contributed by atoms with Crippen LogP contribution in [0.4, 0.5) is 0 Å².